The first-order valence-corrected chi connectivity index (χ1v) is 9.90. The number of thiazole rings is 1. The van der Waals surface area contributed by atoms with Crippen molar-refractivity contribution in [2.45, 2.75) is 19.9 Å². The van der Waals surface area contributed by atoms with Crippen molar-refractivity contribution in [1.82, 2.24) is 4.98 Å². The maximum atomic E-state index is 4.84. The Morgan fingerprint density at radius 1 is 0.808 bits per heavy atom. The molecule has 4 rings (SSSR count). The zero-order valence-electron chi connectivity index (χ0n) is 14.9. The van der Waals surface area contributed by atoms with Crippen LogP contribution < -0.4 is 4.90 Å². The number of fused-ring (bicyclic) bond motifs is 1. The molecule has 0 atom stereocenters. The lowest BCUT2D eigenvalue weighted by molar-refractivity contribution is 0.765. The topological polar surface area (TPSA) is 16.1 Å². The molecule has 0 N–H and O–H groups in total. The lowest BCUT2D eigenvalue weighted by Crippen LogP contribution is -2.23. The highest BCUT2D eigenvalue weighted by Crippen LogP contribution is 2.30. The van der Waals surface area contributed by atoms with E-state index in [2.05, 4.69) is 90.7 Å². The monoisotopic (exact) mass is 358 g/mol. The summed E-state index contributed by atoms with van der Waals surface area (Å²) in [5.74, 6) is 0. The van der Waals surface area contributed by atoms with Gasteiger partial charge in [-0.25, -0.2) is 4.98 Å². The number of para-hydroxylation sites is 1. The predicted molar refractivity (Wildman–Crippen MR) is 113 cm³/mol. The van der Waals surface area contributed by atoms with E-state index in [0.717, 1.165) is 30.2 Å². The van der Waals surface area contributed by atoms with Gasteiger partial charge in [0, 0.05) is 13.1 Å². The Morgan fingerprint density at radius 3 is 2.23 bits per heavy atom. The van der Waals surface area contributed by atoms with E-state index in [4.69, 9.17) is 4.98 Å². The maximum absolute atomic E-state index is 4.84. The van der Waals surface area contributed by atoms with Crippen LogP contribution in [0.15, 0.2) is 78.9 Å². The lowest BCUT2D eigenvalue weighted by Gasteiger charge is -2.21. The summed E-state index contributed by atoms with van der Waals surface area (Å²) in [6.07, 6.45) is 1.11. The molecule has 4 aromatic rings. The van der Waals surface area contributed by atoms with Gasteiger partial charge in [-0.1, -0.05) is 85.0 Å². The minimum Gasteiger partial charge on any atom is -0.344 e. The van der Waals surface area contributed by atoms with Crippen LogP contribution in [0.1, 0.15) is 18.9 Å². The fourth-order valence-corrected chi connectivity index (χ4v) is 4.15. The number of benzene rings is 3. The highest BCUT2D eigenvalue weighted by atomic mass is 32.1. The standard InChI is InChI=1S/C23H22N2S/c1-2-16-25(23-24-21-10-6-7-11-22(21)26-23)17-18-12-14-20(15-13-18)19-8-4-3-5-9-19/h3-15H,2,16-17H2,1H3. The maximum Gasteiger partial charge on any atom is 0.186 e. The molecule has 130 valence electrons. The SMILES string of the molecule is CCCN(Cc1ccc(-c2ccccc2)cc1)c1nc2ccccc2s1. The van der Waals surface area contributed by atoms with E-state index >= 15 is 0 Å². The zero-order chi connectivity index (χ0) is 17.8. The largest absolute Gasteiger partial charge is 0.344 e. The fraction of sp³-hybridized carbons (Fsp3) is 0.174. The van der Waals surface area contributed by atoms with Gasteiger partial charge in [0.05, 0.1) is 10.2 Å². The van der Waals surface area contributed by atoms with E-state index < -0.39 is 0 Å². The molecular formula is C23H22N2S. The Labute approximate surface area is 158 Å². The Kier molecular flexibility index (Phi) is 4.98. The lowest BCUT2D eigenvalue weighted by atomic mass is 10.0. The molecule has 0 aliphatic heterocycles. The minimum absolute atomic E-state index is 0.892. The van der Waals surface area contributed by atoms with Crippen molar-refractivity contribution < 1.29 is 0 Å². The molecule has 26 heavy (non-hydrogen) atoms. The summed E-state index contributed by atoms with van der Waals surface area (Å²) in [5, 5.41) is 1.11. The van der Waals surface area contributed by atoms with Gasteiger partial charge in [0.2, 0.25) is 0 Å². The molecule has 0 saturated carbocycles. The third-order valence-corrected chi connectivity index (χ3v) is 5.58. The molecule has 3 heteroatoms. The highest BCUT2D eigenvalue weighted by Gasteiger charge is 2.12. The summed E-state index contributed by atoms with van der Waals surface area (Å²) in [7, 11) is 0. The number of nitrogens with zero attached hydrogens (tertiary/aromatic N) is 2. The van der Waals surface area contributed by atoms with E-state index in [1.807, 2.05) is 0 Å². The Hall–Kier alpha value is -2.65. The Morgan fingerprint density at radius 2 is 1.50 bits per heavy atom. The third kappa shape index (κ3) is 3.63. The van der Waals surface area contributed by atoms with E-state index in [1.165, 1.54) is 21.4 Å². The summed E-state index contributed by atoms with van der Waals surface area (Å²) in [4.78, 5) is 7.23. The van der Waals surface area contributed by atoms with Gasteiger partial charge in [0.1, 0.15) is 0 Å². The average Bonchev–Trinajstić information content (AvgIpc) is 3.13. The molecule has 0 spiro atoms. The van der Waals surface area contributed by atoms with Crippen molar-refractivity contribution in [2.75, 3.05) is 11.4 Å². The second-order valence-corrected chi connectivity index (χ2v) is 7.46. The fourth-order valence-electron chi connectivity index (χ4n) is 3.16. The average molecular weight is 359 g/mol. The Balaban J connectivity index is 1.56. The van der Waals surface area contributed by atoms with Crippen molar-refractivity contribution >= 4 is 26.7 Å². The first-order chi connectivity index (χ1) is 12.8. The number of hydrogen-bond donors (Lipinski definition) is 0. The smallest absolute Gasteiger partial charge is 0.186 e. The normalized spacial score (nSPS) is 11.0. The second kappa shape index (κ2) is 7.71. The van der Waals surface area contributed by atoms with E-state index in [9.17, 15) is 0 Å². The van der Waals surface area contributed by atoms with Crippen LogP contribution in [0.25, 0.3) is 21.3 Å². The van der Waals surface area contributed by atoms with E-state index in [-0.39, 0.29) is 0 Å². The summed E-state index contributed by atoms with van der Waals surface area (Å²) in [6.45, 7) is 4.13. The van der Waals surface area contributed by atoms with Crippen LogP contribution in [0.3, 0.4) is 0 Å². The van der Waals surface area contributed by atoms with Crippen LogP contribution in [-0.4, -0.2) is 11.5 Å². The molecule has 2 nitrogen and oxygen atoms in total. The molecule has 3 aromatic carbocycles. The number of hydrogen-bond acceptors (Lipinski definition) is 3. The van der Waals surface area contributed by atoms with Gasteiger partial charge >= 0.3 is 0 Å². The van der Waals surface area contributed by atoms with Gasteiger partial charge in [-0.3, -0.25) is 0 Å². The van der Waals surface area contributed by atoms with Crippen LogP contribution in [-0.2, 0) is 6.54 Å². The number of rotatable bonds is 6. The van der Waals surface area contributed by atoms with E-state index in [1.54, 1.807) is 11.3 Å². The van der Waals surface area contributed by atoms with Gasteiger partial charge in [-0.15, -0.1) is 0 Å². The van der Waals surface area contributed by atoms with Crippen LogP contribution in [0.4, 0.5) is 5.13 Å². The molecule has 0 unspecified atom stereocenters. The molecule has 0 bridgehead atoms. The molecule has 0 radical (unpaired) electrons. The van der Waals surface area contributed by atoms with Crippen molar-refractivity contribution in [1.29, 1.82) is 0 Å². The second-order valence-electron chi connectivity index (χ2n) is 6.45. The summed E-state index contributed by atoms with van der Waals surface area (Å²) < 4.78 is 1.25. The van der Waals surface area contributed by atoms with Gasteiger partial charge < -0.3 is 4.90 Å². The Bertz CT molecular complexity index is 941. The summed E-state index contributed by atoms with van der Waals surface area (Å²) >= 11 is 1.78. The van der Waals surface area contributed by atoms with Crippen LogP contribution >= 0.6 is 11.3 Å². The third-order valence-electron chi connectivity index (χ3n) is 4.48. The van der Waals surface area contributed by atoms with Gasteiger partial charge in [-0.05, 0) is 35.2 Å². The zero-order valence-corrected chi connectivity index (χ0v) is 15.7. The number of anilines is 1. The first kappa shape index (κ1) is 16.8. The van der Waals surface area contributed by atoms with Crippen LogP contribution in [0.2, 0.25) is 0 Å². The molecule has 1 heterocycles. The number of aromatic nitrogens is 1. The molecule has 0 aliphatic rings. The predicted octanol–water partition coefficient (Wildman–Crippen LogP) is 6.38. The van der Waals surface area contributed by atoms with Crippen molar-refractivity contribution in [3.8, 4) is 11.1 Å². The summed E-state index contributed by atoms with van der Waals surface area (Å²) in [5.41, 5.74) is 4.93. The molecular weight excluding hydrogens is 336 g/mol. The highest BCUT2D eigenvalue weighted by molar-refractivity contribution is 7.22. The molecule has 0 saturated heterocycles. The van der Waals surface area contributed by atoms with Gasteiger partial charge in [-0.2, -0.15) is 0 Å². The van der Waals surface area contributed by atoms with Crippen molar-refractivity contribution in [2.24, 2.45) is 0 Å². The first-order valence-electron chi connectivity index (χ1n) is 9.08. The van der Waals surface area contributed by atoms with Gasteiger partial charge in [0.15, 0.2) is 5.13 Å². The quantitative estimate of drug-likeness (QED) is 0.397. The molecule has 0 amide bonds. The summed E-state index contributed by atoms with van der Waals surface area (Å²) in [6, 6.07) is 27.8. The van der Waals surface area contributed by atoms with E-state index in [0.29, 0.717) is 0 Å². The van der Waals surface area contributed by atoms with Crippen molar-refractivity contribution in [3.63, 3.8) is 0 Å². The van der Waals surface area contributed by atoms with Gasteiger partial charge in [0.25, 0.3) is 0 Å². The molecule has 0 aliphatic carbocycles. The molecule has 1 aromatic heterocycles. The minimum atomic E-state index is 0.892. The van der Waals surface area contributed by atoms with Crippen LogP contribution in [0.5, 0.6) is 0 Å². The molecule has 0 fully saturated rings. The van der Waals surface area contributed by atoms with Crippen molar-refractivity contribution in [3.05, 3.63) is 84.4 Å². The van der Waals surface area contributed by atoms with Crippen LogP contribution in [0, 0.1) is 0 Å².